The van der Waals surface area contributed by atoms with Gasteiger partial charge >= 0.3 is 0 Å². The average Bonchev–Trinajstić information content (AvgIpc) is 2.79. The minimum absolute atomic E-state index is 0.0319. The highest BCUT2D eigenvalue weighted by Crippen LogP contribution is 2.30. The third-order valence-corrected chi connectivity index (χ3v) is 8.98. The minimum atomic E-state index is -3.96. The number of aryl methyl sites for hydroxylation is 1. The van der Waals surface area contributed by atoms with Gasteiger partial charge in [-0.05, 0) is 65.9 Å². The fraction of sp³-hybridized carbons (Fsp3) is 0.292. The summed E-state index contributed by atoms with van der Waals surface area (Å²) in [7, 11) is -6.36. The molecule has 0 saturated carbocycles. The Morgan fingerprint density at radius 1 is 0.939 bits per heavy atom. The number of pyridine rings is 1. The van der Waals surface area contributed by atoms with Crippen molar-refractivity contribution in [2.75, 3.05) is 13.7 Å². The van der Waals surface area contributed by atoms with Crippen molar-refractivity contribution in [3.05, 3.63) is 83.7 Å². The van der Waals surface area contributed by atoms with Crippen molar-refractivity contribution in [1.29, 1.82) is 0 Å². The van der Waals surface area contributed by atoms with Crippen LogP contribution >= 0.6 is 0 Å². The van der Waals surface area contributed by atoms with Crippen molar-refractivity contribution in [3.8, 4) is 5.75 Å². The molecule has 1 N–H and O–H groups in total. The number of benzene rings is 2. The first-order valence-corrected chi connectivity index (χ1v) is 13.5. The Hall–Kier alpha value is -2.75. The van der Waals surface area contributed by atoms with Gasteiger partial charge in [-0.15, -0.1) is 0 Å². The second-order valence-electron chi connectivity index (χ2n) is 8.03. The van der Waals surface area contributed by atoms with E-state index in [1.807, 2.05) is 13.8 Å². The van der Waals surface area contributed by atoms with Crippen LogP contribution in [0.25, 0.3) is 0 Å². The van der Waals surface area contributed by atoms with Crippen LogP contribution in [-0.4, -0.2) is 35.5 Å². The first-order valence-electron chi connectivity index (χ1n) is 10.4. The molecule has 0 aliphatic carbocycles. The molecule has 0 aliphatic heterocycles. The maximum Gasteiger partial charge on any atom is 0.240 e. The third-order valence-electron chi connectivity index (χ3n) is 5.44. The number of hydrogen-bond donors (Lipinski definition) is 1. The lowest BCUT2D eigenvalue weighted by Crippen LogP contribution is -2.32. The number of nitrogens with zero attached hydrogens (tertiary/aromatic N) is 1. The summed E-state index contributed by atoms with van der Waals surface area (Å²) in [6.07, 6.45) is 2.98. The Morgan fingerprint density at radius 3 is 2.15 bits per heavy atom. The topological polar surface area (TPSA) is 102 Å². The van der Waals surface area contributed by atoms with Crippen molar-refractivity contribution >= 4 is 19.9 Å². The average molecular weight is 489 g/mol. The molecule has 0 aliphatic rings. The SMILES string of the molecule is COc1ccc(S(=O)(=O)NCC(c2cccnc2)S(=O)(=O)c2ccc(C(C)C)cc2)cc1C. The predicted molar refractivity (Wildman–Crippen MR) is 128 cm³/mol. The standard InChI is InChI=1S/C24H28N2O5S2/c1-17(2)19-7-9-21(10-8-19)32(27,28)24(20-6-5-13-25-15-20)16-26-33(29,30)22-11-12-23(31-4)18(3)14-22/h5-15,17,24,26H,16H2,1-4H3. The molecule has 0 fully saturated rings. The Bertz CT molecular complexity index is 1300. The van der Waals surface area contributed by atoms with E-state index in [-0.39, 0.29) is 22.3 Å². The quantitative estimate of drug-likeness (QED) is 0.488. The van der Waals surface area contributed by atoms with E-state index in [0.29, 0.717) is 16.9 Å². The molecule has 0 saturated heterocycles. The van der Waals surface area contributed by atoms with Gasteiger partial charge in [-0.1, -0.05) is 32.0 Å². The summed E-state index contributed by atoms with van der Waals surface area (Å²) in [6.45, 7) is 5.45. The van der Waals surface area contributed by atoms with Crippen molar-refractivity contribution in [1.82, 2.24) is 9.71 Å². The lowest BCUT2D eigenvalue weighted by molar-refractivity contribution is 0.411. The predicted octanol–water partition coefficient (Wildman–Crippen LogP) is 4.02. The first kappa shape index (κ1) is 24.9. The Kier molecular flexibility index (Phi) is 7.56. The molecule has 1 aromatic heterocycles. The van der Waals surface area contributed by atoms with E-state index in [1.165, 1.54) is 31.6 Å². The summed E-state index contributed by atoms with van der Waals surface area (Å²) in [5.74, 6) is 0.824. The Labute approximate surface area is 195 Å². The van der Waals surface area contributed by atoms with Gasteiger partial charge in [0.2, 0.25) is 10.0 Å². The van der Waals surface area contributed by atoms with E-state index >= 15 is 0 Å². The van der Waals surface area contributed by atoms with E-state index in [0.717, 1.165) is 5.56 Å². The summed E-state index contributed by atoms with van der Waals surface area (Å²) in [5.41, 5.74) is 2.07. The zero-order chi connectivity index (χ0) is 24.2. The highest BCUT2D eigenvalue weighted by molar-refractivity contribution is 7.92. The van der Waals surface area contributed by atoms with Gasteiger partial charge in [0.05, 0.1) is 16.9 Å². The van der Waals surface area contributed by atoms with Crippen LogP contribution in [0.15, 0.2) is 76.8 Å². The Balaban J connectivity index is 1.94. The molecule has 2 aromatic carbocycles. The van der Waals surface area contributed by atoms with E-state index in [1.54, 1.807) is 49.4 Å². The number of hydrogen-bond acceptors (Lipinski definition) is 6. The summed E-state index contributed by atoms with van der Waals surface area (Å²) >= 11 is 0. The molecule has 3 rings (SSSR count). The van der Waals surface area contributed by atoms with E-state index in [9.17, 15) is 16.8 Å². The molecule has 0 spiro atoms. The number of sulfonamides is 1. The summed E-state index contributed by atoms with van der Waals surface area (Å²) in [4.78, 5) is 4.18. The van der Waals surface area contributed by atoms with Gasteiger partial charge in [-0.2, -0.15) is 0 Å². The number of methoxy groups -OCH3 is 1. The highest BCUT2D eigenvalue weighted by atomic mass is 32.2. The van der Waals surface area contributed by atoms with Crippen molar-refractivity contribution in [2.45, 2.75) is 41.7 Å². The van der Waals surface area contributed by atoms with E-state index in [2.05, 4.69) is 9.71 Å². The van der Waals surface area contributed by atoms with Crippen molar-refractivity contribution < 1.29 is 21.6 Å². The molecule has 0 radical (unpaired) electrons. The monoisotopic (exact) mass is 488 g/mol. The van der Waals surface area contributed by atoms with Gasteiger partial charge in [0.1, 0.15) is 11.0 Å². The maximum atomic E-state index is 13.5. The second kappa shape index (κ2) is 10.0. The number of sulfone groups is 1. The zero-order valence-electron chi connectivity index (χ0n) is 19.0. The number of nitrogens with one attached hydrogen (secondary N) is 1. The van der Waals surface area contributed by atoms with Crippen LogP contribution in [0.2, 0.25) is 0 Å². The molecule has 33 heavy (non-hydrogen) atoms. The molecule has 3 aromatic rings. The van der Waals surface area contributed by atoms with Gasteiger partial charge in [-0.25, -0.2) is 21.6 Å². The first-order chi connectivity index (χ1) is 15.6. The van der Waals surface area contributed by atoms with E-state index in [4.69, 9.17) is 4.74 Å². The lowest BCUT2D eigenvalue weighted by atomic mass is 10.0. The third kappa shape index (κ3) is 5.61. The maximum absolute atomic E-state index is 13.5. The number of rotatable bonds is 9. The smallest absolute Gasteiger partial charge is 0.240 e. The van der Waals surface area contributed by atoms with Crippen LogP contribution in [0.4, 0.5) is 0 Å². The molecule has 1 unspecified atom stereocenters. The molecular formula is C24H28N2O5S2. The Morgan fingerprint density at radius 2 is 1.61 bits per heavy atom. The fourth-order valence-corrected chi connectivity index (χ4v) is 6.35. The van der Waals surface area contributed by atoms with Gasteiger partial charge in [0.15, 0.2) is 9.84 Å². The number of ether oxygens (including phenoxy) is 1. The van der Waals surface area contributed by atoms with Gasteiger partial charge in [0, 0.05) is 18.9 Å². The fourth-order valence-electron chi connectivity index (χ4n) is 3.47. The minimum Gasteiger partial charge on any atom is -0.496 e. The van der Waals surface area contributed by atoms with Crippen LogP contribution in [-0.2, 0) is 19.9 Å². The van der Waals surface area contributed by atoms with Crippen LogP contribution in [0, 0.1) is 6.92 Å². The zero-order valence-corrected chi connectivity index (χ0v) is 20.7. The van der Waals surface area contributed by atoms with Crippen molar-refractivity contribution in [3.63, 3.8) is 0 Å². The van der Waals surface area contributed by atoms with Gasteiger partial charge in [0.25, 0.3) is 0 Å². The molecular weight excluding hydrogens is 460 g/mol. The molecule has 9 heteroatoms. The largest absolute Gasteiger partial charge is 0.496 e. The van der Waals surface area contributed by atoms with Gasteiger partial charge < -0.3 is 4.74 Å². The number of aromatic nitrogens is 1. The molecule has 7 nitrogen and oxygen atoms in total. The second-order valence-corrected chi connectivity index (χ2v) is 11.9. The molecule has 176 valence electrons. The van der Waals surface area contributed by atoms with Crippen LogP contribution in [0.3, 0.4) is 0 Å². The molecule has 0 amide bonds. The van der Waals surface area contributed by atoms with Crippen LogP contribution in [0.1, 0.15) is 41.7 Å². The highest BCUT2D eigenvalue weighted by Gasteiger charge is 2.31. The summed E-state index contributed by atoms with van der Waals surface area (Å²) < 4.78 is 60.6. The normalized spacial score (nSPS) is 13.1. The van der Waals surface area contributed by atoms with Crippen LogP contribution in [0.5, 0.6) is 5.75 Å². The molecule has 0 bridgehead atoms. The molecule has 1 atom stereocenters. The summed E-state index contributed by atoms with van der Waals surface area (Å²) in [5, 5.41) is -1.15. The van der Waals surface area contributed by atoms with Crippen molar-refractivity contribution in [2.24, 2.45) is 0 Å². The van der Waals surface area contributed by atoms with Crippen LogP contribution < -0.4 is 9.46 Å². The summed E-state index contributed by atoms with van der Waals surface area (Å²) in [6, 6.07) is 14.4. The van der Waals surface area contributed by atoms with E-state index < -0.39 is 25.1 Å². The molecule has 1 heterocycles. The van der Waals surface area contributed by atoms with Gasteiger partial charge in [-0.3, -0.25) is 4.98 Å². The lowest BCUT2D eigenvalue weighted by Gasteiger charge is -2.19.